The summed E-state index contributed by atoms with van der Waals surface area (Å²) in [7, 11) is 3.59. The normalized spacial score (nSPS) is 10.9. The molecular weight excluding hydrogens is 339 g/mol. The van der Waals surface area contributed by atoms with E-state index in [4.69, 9.17) is 0 Å². The van der Waals surface area contributed by atoms with Gasteiger partial charge in [0, 0.05) is 32.2 Å². The highest BCUT2D eigenvalue weighted by atomic mass is 127. The molecule has 0 aliphatic rings. The van der Waals surface area contributed by atoms with E-state index < -0.39 is 0 Å². The summed E-state index contributed by atoms with van der Waals surface area (Å²) in [5.41, 5.74) is 2.20. The molecule has 2 rings (SSSR count). The predicted octanol–water partition coefficient (Wildman–Crippen LogP) is 2.15. The van der Waals surface area contributed by atoms with Crippen molar-refractivity contribution in [3.63, 3.8) is 0 Å². The number of halogens is 1. The van der Waals surface area contributed by atoms with Crippen LogP contribution >= 0.6 is 24.0 Å². The van der Waals surface area contributed by atoms with E-state index in [0.717, 1.165) is 16.9 Å². The third kappa shape index (κ3) is 3.32. The average molecular weight is 356 g/mol. The number of rotatable bonds is 2. The van der Waals surface area contributed by atoms with Gasteiger partial charge in [-0.15, -0.1) is 24.0 Å². The Hall–Kier alpha value is -1.37. The molecule has 2 aromatic rings. The van der Waals surface area contributed by atoms with Crippen molar-refractivity contribution in [2.75, 3.05) is 14.1 Å². The van der Waals surface area contributed by atoms with E-state index in [9.17, 15) is 0 Å². The lowest BCUT2D eigenvalue weighted by atomic mass is 10.1. The molecule has 0 spiro atoms. The number of nitrogens with one attached hydrogen (secondary N) is 2. The molecule has 1 aromatic heterocycles. The van der Waals surface area contributed by atoms with Crippen LogP contribution in [0.4, 0.5) is 0 Å². The first-order valence-electron chi connectivity index (χ1n) is 5.56. The Morgan fingerprint density at radius 3 is 2.78 bits per heavy atom. The second-order valence-corrected chi connectivity index (χ2v) is 3.67. The lowest BCUT2D eigenvalue weighted by Crippen LogP contribution is -2.34. The number of para-hydroxylation sites is 1. The summed E-state index contributed by atoms with van der Waals surface area (Å²) in [4.78, 5) is 8.49. The Morgan fingerprint density at radius 2 is 2.06 bits per heavy atom. The molecule has 0 radical (unpaired) electrons. The molecule has 0 fully saturated rings. The van der Waals surface area contributed by atoms with Crippen molar-refractivity contribution >= 4 is 40.8 Å². The summed E-state index contributed by atoms with van der Waals surface area (Å²) in [6.45, 7) is 0.710. The second-order valence-electron chi connectivity index (χ2n) is 3.67. The molecular formula is C13H17IN4. The fraction of sp³-hybridized carbons (Fsp3) is 0.231. The van der Waals surface area contributed by atoms with Crippen molar-refractivity contribution in [2.45, 2.75) is 6.54 Å². The number of aromatic nitrogens is 1. The molecule has 96 valence electrons. The summed E-state index contributed by atoms with van der Waals surface area (Å²) in [5, 5.41) is 7.37. The number of benzene rings is 1. The average Bonchev–Trinajstić information content (AvgIpc) is 2.40. The molecule has 0 saturated carbocycles. The number of aliphatic imine (C=N–C) groups is 1. The minimum absolute atomic E-state index is 0. The zero-order valence-corrected chi connectivity index (χ0v) is 12.8. The number of hydrogen-bond acceptors (Lipinski definition) is 2. The number of fused-ring (bicyclic) bond motifs is 1. The lowest BCUT2D eigenvalue weighted by molar-refractivity contribution is 0.870. The van der Waals surface area contributed by atoms with Crippen LogP contribution in [0.2, 0.25) is 0 Å². The molecule has 0 amide bonds. The Kier molecular flexibility index (Phi) is 5.84. The van der Waals surface area contributed by atoms with Crippen molar-refractivity contribution in [3.05, 3.63) is 42.1 Å². The van der Waals surface area contributed by atoms with Crippen molar-refractivity contribution in [2.24, 2.45) is 4.99 Å². The first kappa shape index (κ1) is 14.7. The van der Waals surface area contributed by atoms with Gasteiger partial charge in [0.2, 0.25) is 0 Å². The van der Waals surface area contributed by atoms with Crippen LogP contribution in [0.25, 0.3) is 10.9 Å². The molecule has 0 unspecified atom stereocenters. The highest BCUT2D eigenvalue weighted by molar-refractivity contribution is 14.0. The maximum atomic E-state index is 4.41. The van der Waals surface area contributed by atoms with Gasteiger partial charge in [-0.25, -0.2) is 0 Å². The Balaban J connectivity index is 0.00000162. The molecule has 1 heterocycles. The van der Waals surface area contributed by atoms with E-state index in [1.165, 1.54) is 5.56 Å². The van der Waals surface area contributed by atoms with Crippen LogP contribution in [0.3, 0.4) is 0 Å². The highest BCUT2D eigenvalue weighted by Gasteiger charge is 2.01. The van der Waals surface area contributed by atoms with E-state index in [-0.39, 0.29) is 24.0 Å². The summed E-state index contributed by atoms with van der Waals surface area (Å²) in [5.74, 6) is 0.776. The smallest absolute Gasteiger partial charge is 0.190 e. The van der Waals surface area contributed by atoms with E-state index in [2.05, 4.69) is 38.8 Å². The molecule has 5 heteroatoms. The van der Waals surface area contributed by atoms with E-state index >= 15 is 0 Å². The summed E-state index contributed by atoms with van der Waals surface area (Å²) < 4.78 is 0. The number of hydrogen-bond donors (Lipinski definition) is 2. The van der Waals surface area contributed by atoms with Crippen LogP contribution in [0.1, 0.15) is 5.56 Å². The summed E-state index contributed by atoms with van der Waals surface area (Å²) >= 11 is 0. The molecule has 0 aliphatic carbocycles. The summed E-state index contributed by atoms with van der Waals surface area (Å²) in [6, 6.07) is 10.2. The van der Waals surface area contributed by atoms with Crippen LogP contribution in [-0.2, 0) is 6.54 Å². The fourth-order valence-corrected chi connectivity index (χ4v) is 1.77. The van der Waals surface area contributed by atoms with Gasteiger partial charge >= 0.3 is 0 Å². The van der Waals surface area contributed by atoms with E-state index in [0.29, 0.717) is 6.54 Å². The second kappa shape index (κ2) is 7.15. The van der Waals surface area contributed by atoms with Gasteiger partial charge in [-0.2, -0.15) is 0 Å². The van der Waals surface area contributed by atoms with Crippen molar-refractivity contribution in [3.8, 4) is 0 Å². The SMILES string of the molecule is CN=C(NC)NCc1cccc2cccnc12.I. The van der Waals surface area contributed by atoms with Gasteiger partial charge in [0.05, 0.1) is 5.52 Å². The highest BCUT2D eigenvalue weighted by Crippen LogP contribution is 2.15. The van der Waals surface area contributed by atoms with Gasteiger partial charge in [0.15, 0.2) is 5.96 Å². The van der Waals surface area contributed by atoms with Gasteiger partial charge in [-0.1, -0.05) is 24.3 Å². The van der Waals surface area contributed by atoms with Gasteiger partial charge in [0.25, 0.3) is 0 Å². The molecule has 0 aliphatic heterocycles. The number of pyridine rings is 1. The van der Waals surface area contributed by atoms with E-state index in [1.54, 1.807) is 7.05 Å². The first-order chi connectivity index (χ1) is 8.35. The zero-order valence-electron chi connectivity index (χ0n) is 10.5. The third-order valence-electron chi connectivity index (χ3n) is 2.62. The van der Waals surface area contributed by atoms with Crippen LogP contribution in [-0.4, -0.2) is 25.0 Å². The van der Waals surface area contributed by atoms with Gasteiger partial charge < -0.3 is 10.6 Å². The van der Waals surface area contributed by atoms with E-state index in [1.807, 2.05) is 25.4 Å². The van der Waals surface area contributed by atoms with Crippen LogP contribution < -0.4 is 10.6 Å². The lowest BCUT2D eigenvalue weighted by Gasteiger charge is -2.09. The van der Waals surface area contributed by atoms with Crippen molar-refractivity contribution < 1.29 is 0 Å². The molecule has 18 heavy (non-hydrogen) atoms. The number of nitrogens with zero attached hydrogens (tertiary/aromatic N) is 2. The standard InChI is InChI=1S/C13H16N4.HI/c1-14-13(15-2)17-9-11-6-3-5-10-7-4-8-16-12(10)11;/h3-8H,9H2,1-2H3,(H2,14,15,17);1H. The van der Waals surface area contributed by atoms with Gasteiger partial charge in [0.1, 0.15) is 0 Å². The maximum absolute atomic E-state index is 4.41. The van der Waals surface area contributed by atoms with Crippen molar-refractivity contribution in [1.29, 1.82) is 0 Å². The number of guanidine groups is 1. The minimum atomic E-state index is 0. The first-order valence-corrected chi connectivity index (χ1v) is 5.56. The Bertz CT molecular complexity index is 534. The van der Waals surface area contributed by atoms with Crippen LogP contribution in [0, 0.1) is 0 Å². The van der Waals surface area contributed by atoms with Gasteiger partial charge in [-0.3, -0.25) is 9.98 Å². The Labute approximate surface area is 124 Å². The minimum Gasteiger partial charge on any atom is -0.359 e. The molecule has 1 aromatic carbocycles. The maximum Gasteiger partial charge on any atom is 0.190 e. The molecule has 2 N–H and O–H groups in total. The topological polar surface area (TPSA) is 49.3 Å². The Morgan fingerprint density at radius 1 is 1.28 bits per heavy atom. The predicted molar refractivity (Wildman–Crippen MR) is 86.4 cm³/mol. The third-order valence-corrected chi connectivity index (χ3v) is 2.62. The zero-order chi connectivity index (χ0) is 12.1. The van der Waals surface area contributed by atoms with Gasteiger partial charge in [-0.05, 0) is 11.6 Å². The quantitative estimate of drug-likeness (QED) is 0.493. The van der Waals surface area contributed by atoms with Crippen LogP contribution in [0.5, 0.6) is 0 Å². The summed E-state index contributed by atoms with van der Waals surface area (Å²) in [6.07, 6.45) is 1.82. The largest absolute Gasteiger partial charge is 0.359 e. The monoisotopic (exact) mass is 356 g/mol. The van der Waals surface area contributed by atoms with Crippen molar-refractivity contribution in [1.82, 2.24) is 15.6 Å². The molecule has 0 saturated heterocycles. The molecule has 0 bridgehead atoms. The molecule has 0 atom stereocenters. The van der Waals surface area contributed by atoms with Crippen LogP contribution in [0.15, 0.2) is 41.5 Å². The fourth-order valence-electron chi connectivity index (χ4n) is 1.77. The molecule has 4 nitrogen and oxygen atoms in total.